The third kappa shape index (κ3) is 6.47. The van der Waals surface area contributed by atoms with Crippen molar-refractivity contribution in [3.63, 3.8) is 0 Å². The van der Waals surface area contributed by atoms with Crippen molar-refractivity contribution in [2.75, 3.05) is 25.6 Å². The van der Waals surface area contributed by atoms with Gasteiger partial charge in [-0.05, 0) is 60.9 Å². The van der Waals surface area contributed by atoms with E-state index in [2.05, 4.69) is 10.5 Å². The molecule has 7 heteroatoms. The van der Waals surface area contributed by atoms with E-state index < -0.39 is 18.5 Å². The monoisotopic (exact) mass is 370 g/mol. The topological polar surface area (TPSA) is 86.2 Å². The molecule has 7 nitrogen and oxygen atoms in total. The summed E-state index contributed by atoms with van der Waals surface area (Å²) >= 11 is 0. The number of hydrogen-bond acceptors (Lipinski definition) is 6. The van der Waals surface area contributed by atoms with Gasteiger partial charge in [0.15, 0.2) is 6.61 Å². The summed E-state index contributed by atoms with van der Waals surface area (Å²) in [4.78, 5) is 28.4. The van der Waals surface area contributed by atoms with Crippen molar-refractivity contribution in [1.82, 2.24) is 0 Å². The second-order valence-corrected chi connectivity index (χ2v) is 5.74. The summed E-state index contributed by atoms with van der Waals surface area (Å²) in [6.45, 7) is 3.08. The van der Waals surface area contributed by atoms with Gasteiger partial charge in [0.1, 0.15) is 5.75 Å². The van der Waals surface area contributed by atoms with Gasteiger partial charge in [-0.1, -0.05) is 17.3 Å². The van der Waals surface area contributed by atoms with Gasteiger partial charge in [0, 0.05) is 5.69 Å². The number of aryl methyl sites for hydroxylation is 1. The summed E-state index contributed by atoms with van der Waals surface area (Å²) in [6, 6.07) is 12.7. The molecular weight excluding hydrogens is 348 g/mol. The largest absolute Gasteiger partial charge is 0.497 e. The number of ether oxygens (including phenoxy) is 2. The second kappa shape index (κ2) is 9.96. The van der Waals surface area contributed by atoms with Crippen LogP contribution in [0.5, 0.6) is 5.75 Å². The Morgan fingerprint density at radius 2 is 1.81 bits per heavy atom. The fourth-order valence-electron chi connectivity index (χ4n) is 2.14. The summed E-state index contributed by atoms with van der Waals surface area (Å²) in [5.41, 5.74) is 3.51. The number of carbonyl (C=O) groups excluding carboxylic acids is 2. The van der Waals surface area contributed by atoms with Crippen LogP contribution in [0.4, 0.5) is 5.69 Å². The van der Waals surface area contributed by atoms with Crippen LogP contribution in [0.3, 0.4) is 0 Å². The molecule has 0 saturated heterocycles. The Bertz CT molecular complexity index is 816. The van der Waals surface area contributed by atoms with Crippen LogP contribution < -0.4 is 10.1 Å². The van der Waals surface area contributed by atoms with Gasteiger partial charge in [-0.25, -0.2) is 4.79 Å². The molecule has 2 aromatic rings. The number of benzene rings is 2. The lowest BCUT2D eigenvalue weighted by Gasteiger charge is -2.10. The molecule has 0 aliphatic rings. The fourth-order valence-corrected chi connectivity index (χ4v) is 2.14. The van der Waals surface area contributed by atoms with Crippen molar-refractivity contribution >= 4 is 23.8 Å². The molecule has 0 heterocycles. The minimum absolute atomic E-state index is 0.386. The Balaban J connectivity index is 1.70. The molecule has 1 N–H and O–H groups in total. The Morgan fingerprint density at radius 1 is 1.07 bits per heavy atom. The van der Waals surface area contributed by atoms with E-state index in [1.165, 1.54) is 6.21 Å². The predicted molar refractivity (Wildman–Crippen MR) is 102 cm³/mol. The molecule has 0 saturated carbocycles. The first kappa shape index (κ1) is 20.0. The Kier molecular flexibility index (Phi) is 7.37. The number of rotatable bonds is 8. The van der Waals surface area contributed by atoms with Gasteiger partial charge < -0.3 is 19.6 Å². The molecule has 0 fully saturated rings. The van der Waals surface area contributed by atoms with Crippen LogP contribution in [0, 0.1) is 13.8 Å². The smallest absolute Gasteiger partial charge is 0.347 e. The standard InChI is InChI=1S/C20H22N2O5/c1-14-5-4-6-18(15(14)2)22-19(23)12-26-20(24)13-27-21-11-16-7-9-17(25-3)10-8-16/h4-11H,12-13H2,1-3H3,(H,22,23)/b21-11-. The van der Waals surface area contributed by atoms with E-state index in [1.54, 1.807) is 37.4 Å². The SMILES string of the molecule is COc1ccc(/C=N\OCC(=O)OCC(=O)Nc2cccc(C)c2C)cc1. The highest BCUT2D eigenvalue weighted by atomic mass is 16.7. The van der Waals surface area contributed by atoms with Crippen LogP contribution >= 0.6 is 0 Å². The lowest BCUT2D eigenvalue weighted by molar-refractivity contribution is -0.151. The maximum absolute atomic E-state index is 11.9. The number of nitrogens with one attached hydrogen (secondary N) is 1. The number of amides is 1. The molecule has 2 rings (SSSR count). The second-order valence-electron chi connectivity index (χ2n) is 5.74. The first-order valence-corrected chi connectivity index (χ1v) is 8.30. The van der Waals surface area contributed by atoms with Gasteiger partial charge in [0.05, 0.1) is 13.3 Å². The minimum Gasteiger partial charge on any atom is -0.497 e. The molecule has 2 aromatic carbocycles. The molecule has 0 unspecified atom stereocenters. The number of methoxy groups -OCH3 is 1. The van der Waals surface area contributed by atoms with Crippen molar-refractivity contribution in [3.8, 4) is 5.75 Å². The van der Waals surface area contributed by atoms with Gasteiger partial charge in [-0.2, -0.15) is 0 Å². The summed E-state index contributed by atoms with van der Waals surface area (Å²) < 4.78 is 9.91. The number of anilines is 1. The molecule has 0 aliphatic heterocycles. The van der Waals surface area contributed by atoms with Crippen LogP contribution in [0.2, 0.25) is 0 Å². The summed E-state index contributed by atoms with van der Waals surface area (Å²) in [5, 5.41) is 6.39. The van der Waals surface area contributed by atoms with E-state index in [0.29, 0.717) is 5.69 Å². The summed E-state index contributed by atoms with van der Waals surface area (Å²) in [6.07, 6.45) is 1.46. The lowest BCUT2D eigenvalue weighted by atomic mass is 10.1. The molecule has 0 spiro atoms. The van der Waals surface area contributed by atoms with Gasteiger partial charge in [-0.15, -0.1) is 0 Å². The van der Waals surface area contributed by atoms with Crippen LogP contribution in [0.15, 0.2) is 47.6 Å². The highest BCUT2D eigenvalue weighted by Crippen LogP contribution is 2.17. The molecule has 27 heavy (non-hydrogen) atoms. The highest BCUT2D eigenvalue weighted by Gasteiger charge is 2.10. The van der Waals surface area contributed by atoms with Crippen LogP contribution in [-0.2, 0) is 19.2 Å². The average molecular weight is 370 g/mol. The number of nitrogens with zero attached hydrogens (tertiary/aromatic N) is 1. The maximum atomic E-state index is 11.9. The molecule has 0 aliphatic carbocycles. The van der Waals surface area contributed by atoms with E-state index in [-0.39, 0.29) is 6.61 Å². The summed E-state index contributed by atoms with van der Waals surface area (Å²) in [5.74, 6) is -0.368. The summed E-state index contributed by atoms with van der Waals surface area (Å²) in [7, 11) is 1.58. The third-order valence-electron chi connectivity index (χ3n) is 3.82. The zero-order chi connectivity index (χ0) is 19.6. The van der Waals surface area contributed by atoms with Gasteiger partial charge in [-0.3, -0.25) is 4.79 Å². The van der Waals surface area contributed by atoms with E-state index in [9.17, 15) is 9.59 Å². The van der Waals surface area contributed by atoms with Crippen molar-refractivity contribution < 1.29 is 23.9 Å². The van der Waals surface area contributed by atoms with Crippen LogP contribution in [-0.4, -0.2) is 38.4 Å². The zero-order valence-corrected chi connectivity index (χ0v) is 15.5. The first-order valence-electron chi connectivity index (χ1n) is 8.30. The Morgan fingerprint density at radius 3 is 2.52 bits per heavy atom. The predicted octanol–water partition coefficient (Wildman–Crippen LogP) is 2.84. The van der Waals surface area contributed by atoms with Crippen molar-refractivity contribution in [2.45, 2.75) is 13.8 Å². The number of esters is 1. The van der Waals surface area contributed by atoms with Crippen molar-refractivity contribution in [3.05, 3.63) is 59.2 Å². The van der Waals surface area contributed by atoms with E-state index in [0.717, 1.165) is 22.4 Å². The molecule has 0 atom stereocenters. The van der Waals surface area contributed by atoms with Crippen LogP contribution in [0.25, 0.3) is 0 Å². The number of oxime groups is 1. The molecule has 0 bridgehead atoms. The number of carbonyl (C=O) groups is 2. The normalized spacial score (nSPS) is 10.5. The molecule has 142 valence electrons. The third-order valence-corrected chi connectivity index (χ3v) is 3.82. The molecular formula is C20H22N2O5. The van der Waals surface area contributed by atoms with Gasteiger partial charge in [0.25, 0.3) is 5.91 Å². The molecule has 0 radical (unpaired) electrons. The molecule has 1 amide bonds. The lowest BCUT2D eigenvalue weighted by Crippen LogP contribution is -2.23. The quantitative estimate of drug-likeness (QED) is 0.439. The number of hydrogen-bond donors (Lipinski definition) is 1. The first-order chi connectivity index (χ1) is 13.0. The molecule has 0 aromatic heterocycles. The van der Waals surface area contributed by atoms with Crippen molar-refractivity contribution in [2.24, 2.45) is 5.16 Å². The Hall–Kier alpha value is -3.35. The fraction of sp³-hybridized carbons (Fsp3) is 0.250. The zero-order valence-electron chi connectivity index (χ0n) is 15.5. The highest BCUT2D eigenvalue weighted by molar-refractivity contribution is 5.93. The Labute approximate surface area is 157 Å². The van der Waals surface area contributed by atoms with Crippen LogP contribution in [0.1, 0.15) is 16.7 Å². The van der Waals surface area contributed by atoms with E-state index in [1.807, 2.05) is 26.0 Å². The minimum atomic E-state index is -0.682. The van der Waals surface area contributed by atoms with Crippen molar-refractivity contribution in [1.29, 1.82) is 0 Å². The van der Waals surface area contributed by atoms with E-state index >= 15 is 0 Å². The van der Waals surface area contributed by atoms with Gasteiger partial charge in [0.2, 0.25) is 6.61 Å². The van der Waals surface area contributed by atoms with Gasteiger partial charge >= 0.3 is 5.97 Å². The average Bonchev–Trinajstić information content (AvgIpc) is 2.67. The van der Waals surface area contributed by atoms with E-state index in [4.69, 9.17) is 14.3 Å². The maximum Gasteiger partial charge on any atom is 0.347 e.